The molecule has 18 heavy (non-hydrogen) atoms. The van der Waals surface area contributed by atoms with Crippen molar-refractivity contribution >= 4 is 11.3 Å². The highest BCUT2D eigenvalue weighted by Crippen LogP contribution is 2.34. The van der Waals surface area contributed by atoms with E-state index in [1.807, 2.05) is 11.3 Å². The first-order chi connectivity index (χ1) is 8.49. The summed E-state index contributed by atoms with van der Waals surface area (Å²) in [5.41, 5.74) is 0.293. The molecule has 2 rings (SSSR count). The van der Waals surface area contributed by atoms with E-state index in [9.17, 15) is 0 Å². The molecule has 1 aromatic heterocycles. The molecule has 0 aliphatic heterocycles. The molecule has 0 saturated heterocycles. The molecule has 1 aliphatic rings. The van der Waals surface area contributed by atoms with Crippen LogP contribution < -0.4 is 5.32 Å². The standard InChI is InChI=1S/C16H27NS/c1-5-13(10-12-6-7-12)17-11-14-8-9-15(18-14)16(2,3)4/h8-9,12-13,17H,5-7,10-11H2,1-4H3. The molecule has 0 amide bonds. The van der Waals surface area contributed by atoms with Crippen LogP contribution in [0.3, 0.4) is 0 Å². The van der Waals surface area contributed by atoms with Crippen LogP contribution in [0.15, 0.2) is 12.1 Å². The minimum Gasteiger partial charge on any atom is -0.309 e. The fraction of sp³-hybridized carbons (Fsp3) is 0.750. The van der Waals surface area contributed by atoms with Gasteiger partial charge in [0.2, 0.25) is 0 Å². The second-order valence-corrected chi connectivity index (χ2v) is 7.85. The molecule has 0 radical (unpaired) electrons. The van der Waals surface area contributed by atoms with Crippen LogP contribution in [0.25, 0.3) is 0 Å². The molecule has 2 heteroatoms. The van der Waals surface area contributed by atoms with Crippen molar-refractivity contribution in [2.24, 2.45) is 5.92 Å². The highest BCUT2D eigenvalue weighted by molar-refractivity contribution is 7.12. The molecular weight excluding hydrogens is 238 g/mol. The van der Waals surface area contributed by atoms with Crippen molar-refractivity contribution in [3.05, 3.63) is 21.9 Å². The van der Waals surface area contributed by atoms with E-state index in [2.05, 4.69) is 45.1 Å². The van der Waals surface area contributed by atoms with Crippen molar-refractivity contribution < 1.29 is 0 Å². The summed E-state index contributed by atoms with van der Waals surface area (Å²) in [4.78, 5) is 2.98. The number of hydrogen-bond acceptors (Lipinski definition) is 2. The van der Waals surface area contributed by atoms with Crippen LogP contribution in [0.1, 0.15) is 63.1 Å². The Hall–Kier alpha value is -0.340. The number of rotatable bonds is 6. The van der Waals surface area contributed by atoms with Gasteiger partial charge in [0, 0.05) is 22.3 Å². The topological polar surface area (TPSA) is 12.0 Å². The summed E-state index contributed by atoms with van der Waals surface area (Å²) >= 11 is 1.96. The Morgan fingerprint density at radius 3 is 2.56 bits per heavy atom. The van der Waals surface area contributed by atoms with Gasteiger partial charge in [0.05, 0.1) is 0 Å². The van der Waals surface area contributed by atoms with E-state index in [1.165, 1.54) is 35.4 Å². The van der Waals surface area contributed by atoms with E-state index in [1.54, 1.807) is 0 Å². The Bertz CT molecular complexity index is 371. The van der Waals surface area contributed by atoms with Crippen LogP contribution in [-0.2, 0) is 12.0 Å². The maximum atomic E-state index is 3.73. The minimum absolute atomic E-state index is 0.293. The second-order valence-electron chi connectivity index (χ2n) is 6.68. The van der Waals surface area contributed by atoms with Gasteiger partial charge < -0.3 is 5.32 Å². The van der Waals surface area contributed by atoms with Gasteiger partial charge in [-0.2, -0.15) is 0 Å². The third-order valence-electron chi connectivity index (χ3n) is 3.77. The van der Waals surface area contributed by atoms with Gasteiger partial charge >= 0.3 is 0 Å². The molecule has 1 fully saturated rings. The quantitative estimate of drug-likeness (QED) is 0.785. The molecule has 1 aliphatic carbocycles. The fourth-order valence-corrected chi connectivity index (χ4v) is 3.29. The van der Waals surface area contributed by atoms with Gasteiger partial charge in [-0.1, -0.05) is 40.5 Å². The molecule has 1 N–H and O–H groups in total. The Balaban J connectivity index is 1.83. The average molecular weight is 265 g/mol. The van der Waals surface area contributed by atoms with Crippen LogP contribution >= 0.6 is 11.3 Å². The third-order valence-corrected chi connectivity index (χ3v) is 5.28. The molecule has 1 aromatic rings. The van der Waals surface area contributed by atoms with Gasteiger partial charge in [-0.25, -0.2) is 0 Å². The molecule has 1 saturated carbocycles. The van der Waals surface area contributed by atoms with Crippen molar-refractivity contribution in [1.82, 2.24) is 5.32 Å². The third kappa shape index (κ3) is 4.10. The predicted molar refractivity (Wildman–Crippen MR) is 81.3 cm³/mol. The highest BCUT2D eigenvalue weighted by atomic mass is 32.1. The highest BCUT2D eigenvalue weighted by Gasteiger charge is 2.24. The van der Waals surface area contributed by atoms with E-state index in [4.69, 9.17) is 0 Å². The molecular formula is C16H27NS. The van der Waals surface area contributed by atoms with E-state index in [0.717, 1.165) is 18.5 Å². The van der Waals surface area contributed by atoms with Gasteiger partial charge in [0.25, 0.3) is 0 Å². The number of thiophene rings is 1. The van der Waals surface area contributed by atoms with Crippen LogP contribution in [0.5, 0.6) is 0 Å². The summed E-state index contributed by atoms with van der Waals surface area (Å²) in [5.74, 6) is 1.02. The molecule has 1 atom stereocenters. The minimum atomic E-state index is 0.293. The van der Waals surface area contributed by atoms with Crippen molar-refractivity contribution in [2.45, 2.75) is 71.4 Å². The summed E-state index contributed by atoms with van der Waals surface area (Å²) in [7, 11) is 0. The summed E-state index contributed by atoms with van der Waals surface area (Å²) < 4.78 is 0. The Labute approximate surface area is 116 Å². The fourth-order valence-electron chi connectivity index (χ4n) is 2.27. The zero-order valence-electron chi connectivity index (χ0n) is 12.3. The Kier molecular flexibility index (Phi) is 4.50. The maximum Gasteiger partial charge on any atom is 0.0302 e. The number of nitrogens with one attached hydrogen (secondary N) is 1. The van der Waals surface area contributed by atoms with Gasteiger partial charge in [-0.05, 0) is 36.3 Å². The first-order valence-electron chi connectivity index (χ1n) is 7.31. The average Bonchev–Trinajstić information content (AvgIpc) is 2.97. The van der Waals surface area contributed by atoms with Crippen molar-refractivity contribution in [1.29, 1.82) is 0 Å². The molecule has 0 aromatic carbocycles. The Morgan fingerprint density at radius 2 is 2.06 bits per heavy atom. The van der Waals surface area contributed by atoms with E-state index in [0.29, 0.717) is 5.41 Å². The SMILES string of the molecule is CCC(CC1CC1)NCc1ccc(C(C)(C)C)s1. The Morgan fingerprint density at radius 1 is 1.33 bits per heavy atom. The van der Waals surface area contributed by atoms with E-state index < -0.39 is 0 Å². The predicted octanol–water partition coefficient (Wildman–Crippen LogP) is 4.71. The zero-order chi connectivity index (χ0) is 13.2. The van der Waals surface area contributed by atoms with Crippen molar-refractivity contribution in [3.63, 3.8) is 0 Å². The summed E-state index contributed by atoms with van der Waals surface area (Å²) in [6.45, 7) is 10.2. The van der Waals surface area contributed by atoms with E-state index >= 15 is 0 Å². The lowest BCUT2D eigenvalue weighted by Gasteiger charge is -2.17. The molecule has 0 spiro atoms. The molecule has 0 bridgehead atoms. The van der Waals surface area contributed by atoms with Crippen molar-refractivity contribution in [2.75, 3.05) is 0 Å². The molecule has 102 valence electrons. The van der Waals surface area contributed by atoms with Crippen LogP contribution in [0.2, 0.25) is 0 Å². The number of hydrogen-bond donors (Lipinski definition) is 1. The van der Waals surface area contributed by atoms with Crippen LogP contribution in [-0.4, -0.2) is 6.04 Å². The van der Waals surface area contributed by atoms with E-state index in [-0.39, 0.29) is 0 Å². The lowest BCUT2D eigenvalue weighted by molar-refractivity contribution is 0.446. The van der Waals surface area contributed by atoms with Gasteiger partial charge in [-0.15, -0.1) is 11.3 Å². The van der Waals surface area contributed by atoms with Crippen molar-refractivity contribution in [3.8, 4) is 0 Å². The summed E-state index contributed by atoms with van der Waals surface area (Å²) in [6.07, 6.45) is 5.57. The van der Waals surface area contributed by atoms with Gasteiger partial charge in [-0.3, -0.25) is 0 Å². The van der Waals surface area contributed by atoms with Crippen LogP contribution in [0.4, 0.5) is 0 Å². The largest absolute Gasteiger partial charge is 0.309 e. The lowest BCUT2D eigenvalue weighted by Crippen LogP contribution is -2.28. The second kappa shape index (κ2) is 5.75. The molecule has 1 unspecified atom stereocenters. The van der Waals surface area contributed by atoms with Crippen LogP contribution in [0, 0.1) is 5.92 Å². The van der Waals surface area contributed by atoms with Gasteiger partial charge in [0.15, 0.2) is 0 Å². The van der Waals surface area contributed by atoms with Gasteiger partial charge in [0.1, 0.15) is 0 Å². The zero-order valence-corrected chi connectivity index (χ0v) is 13.1. The summed E-state index contributed by atoms with van der Waals surface area (Å²) in [5, 5.41) is 3.73. The monoisotopic (exact) mass is 265 g/mol. The maximum absolute atomic E-state index is 3.73. The molecule has 1 nitrogen and oxygen atoms in total. The normalized spacial score (nSPS) is 18.0. The first kappa shape index (κ1) is 14.1. The lowest BCUT2D eigenvalue weighted by atomic mass is 9.95. The first-order valence-corrected chi connectivity index (χ1v) is 8.13. The smallest absolute Gasteiger partial charge is 0.0302 e. The summed E-state index contributed by atoms with van der Waals surface area (Å²) in [6, 6.07) is 5.31. The molecule has 1 heterocycles.